The first-order valence-electron chi connectivity index (χ1n) is 7.13. The molecule has 3 nitrogen and oxygen atoms in total. The van der Waals surface area contributed by atoms with Gasteiger partial charge in [0.15, 0.2) is 0 Å². The number of rotatable bonds is 6. The Morgan fingerprint density at radius 1 is 1.05 bits per heavy atom. The van der Waals surface area contributed by atoms with Crippen molar-refractivity contribution in [3.8, 4) is 0 Å². The number of carboxylic acids is 1. The van der Waals surface area contributed by atoms with Crippen molar-refractivity contribution in [2.75, 3.05) is 7.05 Å². The van der Waals surface area contributed by atoms with Crippen LogP contribution in [-0.2, 0) is 11.2 Å². The molecule has 2 unspecified atom stereocenters. The molecule has 2 aromatic carbocycles. The first-order chi connectivity index (χ1) is 10.1. The van der Waals surface area contributed by atoms with Gasteiger partial charge in [-0.3, -0.25) is 9.69 Å². The number of benzene rings is 2. The third kappa shape index (κ3) is 3.92. The van der Waals surface area contributed by atoms with Gasteiger partial charge in [-0.25, -0.2) is 0 Å². The molecule has 1 N–H and O–H groups in total. The molecule has 2 atom stereocenters. The van der Waals surface area contributed by atoms with Crippen LogP contribution in [0.5, 0.6) is 0 Å². The average molecular weight is 283 g/mol. The number of carboxylic acid groups (broad SMARTS) is 1. The highest BCUT2D eigenvalue weighted by molar-refractivity contribution is 5.72. The monoisotopic (exact) mass is 283 g/mol. The van der Waals surface area contributed by atoms with Gasteiger partial charge in [-0.15, -0.1) is 0 Å². The summed E-state index contributed by atoms with van der Waals surface area (Å²) in [5, 5.41) is 9.27. The van der Waals surface area contributed by atoms with Crippen LogP contribution in [0, 0.1) is 0 Å². The van der Waals surface area contributed by atoms with E-state index in [0.717, 1.165) is 12.0 Å². The lowest BCUT2D eigenvalue weighted by molar-refractivity contribution is -0.143. The molecule has 0 saturated carbocycles. The number of nitrogens with zero attached hydrogens (tertiary/aromatic N) is 1. The molecule has 110 valence electrons. The van der Waals surface area contributed by atoms with E-state index in [0.29, 0.717) is 0 Å². The van der Waals surface area contributed by atoms with Gasteiger partial charge in [-0.1, -0.05) is 60.7 Å². The molecule has 0 aliphatic rings. The van der Waals surface area contributed by atoms with Gasteiger partial charge in [-0.05, 0) is 31.5 Å². The van der Waals surface area contributed by atoms with Gasteiger partial charge in [-0.2, -0.15) is 0 Å². The van der Waals surface area contributed by atoms with Crippen LogP contribution >= 0.6 is 0 Å². The van der Waals surface area contributed by atoms with E-state index in [2.05, 4.69) is 24.3 Å². The van der Waals surface area contributed by atoms with Gasteiger partial charge in [0.2, 0.25) is 0 Å². The van der Waals surface area contributed by atoms with Crippen LogP contribution in [0.3, 0.4) is 0 Å². The lowest BCUT2D eigenvalue weighted by atomic mass is 9.96. The van der Waals surface area contributed by atoms with Gasteiger partial charge < -0.3 is 5.11 Å². The van der Waals surface area contributed by atoms with Crippen LogP contribution in [0.1, 0.15) is 24.1 Å². The Kier molecular flexibility index (Phi) is 5.12. The molecule has 0 amide bonds. The molecule has 0 bridgehead atoms. The van der Waals surface area contributed by atoms with E-state index >= 15 is 0 Å². The zero-order chi connectivity index (χ0) is 15.2. The van der Waals surface area contributed by atoms with Crippen molar-refractivity contribution < 1.29 is 9.90 Å². The van der Waals surface area contributed by atoms with Crippen molar-refractivity contribution in [2.45, 2.75) is 25.4 Å². The second kappa shape index (κ2) is 7.04. The third-order valence-corrected chi connectivity index (χ3v) is 3.92. The minimum atomic E-state index is -0.800. The van der Waals surface area contributed by atoms with E-state index in [1.54, 1.807) is 6.92 Å². The highest BCUT2D eigenvalue weighted by Crippen LogP contribution is 2.25. The maximum Gasteiger partial charge on any atom is 0.320 e. The van der Waals surface area contributed by atoms with E-state index in [1.165, 1.54) is 5.56 Å². The van der Waals surface area contributed by atoms with Crippen LogP contribution in [0.25, 0.3) is 0 Å². The number of hydrogen-bond donors (Lipinski definition) is 1. The molecule has 0 heterocycles. The van der Waals surface area contributed by atoms with E-state index in [-0.39, 0.29) is 6.04 Å². The molecule has 21 heavy (non-hydrogen) atoms. The summed E-state index contributed by atoms with van der Waals surface area (Å²) < 4.78 is 0. The molecular formula is C18H21NO2. The first kappa shape index (κ1) is 15.3. The van der Waals surface area contributed by atoms with Crippen molar-refractivity contribution >= 4 is 5.97 Å². The minimum absolute atomic E-state index is 0.0414. The van der Waals surface area contributed by atoms with Gasteiger partial charge >= 0.3 is 5.97 Å². The molecule has 0 aromatic heterocycles. The molecule has 0 aliphatic heterocycles. The number of hydrogen-bond acceptors (Lipinski definition) is 2. The molecule has 0 radical (unpaired) electrons. The predicted octanol–water partition coefficient (Wildman–Crippen LogP) is 3.38. The minimum Gasteiger partial charge on any atom is -0.480 e. The van der Waals surface area contributed by atoms with Crippen LogP contribution in [0.15, 0.2) is 60.7 Å². The molecule has 0 spiro atoms. The Balaban J connectivity index is 2.28. The Morgan fingerprint density at radius 3 is 2.10 bits per heavy atom. The molecule has 0 saturated heterocycles. The lowest BCUT2D eigenvalue weighted by Gasteiger charge is -2.31. The van der Waals surface area contributed by atoms with Crippen molar-refractivity contribution in [2.24, 2.45) is 0 Å². The highest BCUT2D eigenvalue weighted by Gasteiger charge is 2.25. The number of aliphatic carboxylic acids is 1. The van der Waals surface area contributed by atoms with E-state index in [4.69, 9.17) is 0 Å². The first-order valence-corrected chi connectivity index (χ1v) is 7.13. The van der Waals surface area contributed by atoms with Crippen LogP contribution < -0.4 is 0 Å². The third-order valence-electron chi connectivity index (χ3n) is 3.92. The summed E-state index contributed by atoms with van der Waals surface area (Å²) in [6, 6.07) is 19.8. The van der Waals surface area contributed by atoms with Gasteiger partial charge in [0.1, 0.15) is 6.04 Å². The fraction of sp³-hybridized carbons (Fsp3) is 0.278. The molecule has 0 aliphatic carbocycles. The Bertz CT molecular complexity index is 568. The Morgan fingerprint density at radius 2 is 1.57 bits per heavy atom. The standard InChI is InChI=1S/C18H21NO2/c1-14(18(20)21)19(2)17(16-11-7-4-8-12-16)13-15-9-5-3-6-10-15/h3-12,14,17H,13H2,1-2H3,(H,20,21). The van der Waals surface area contributed by atoms with Crippen LogP contribution in [0.4, 0.5) is 0 Å². The van der Waals surface area contributed by atoms with Crippen LogP contribution in [-0.4, -0.2) is 29.1 Å². The van der Waals surface area contributed by atoms with Crippen molar-refractivity contribution in [1.82, 2.24) is 4.90 Å². The molecule has 2 aromatic rings. The quantitative estimate of drug-likeness (QED) is 0.883. The topological polar surface area (TPSA) is 40.5 Å². The summed E-state index contributed by atoms with van der Waals surface area (Å²) >= 11 is 0. The van der Waals surface area contributed by atoms with Crippen molar-refractivity contribution in [3.63, 3.8) is 0 Å². The molecule has 0 fully saturated rings. The Labute approximate surface area is 125 Å². The lowest BCUT2D eigenvalue weighted by Crippen LogP contribution is -2.39. The summed E-state index contributed by atoms with van der Waals surface area (Å²) in [4.78, 5) is 13.2. The van der Waals surface area contributed by atoms with Crippen molar-refractivity contribution in [1.29, 1.82) is 0 Å². The summed E-state index contributed by atoms with van der Waals surface area (Å²) in [6.07, 6.45) is 0.791. The molecule has 3 heteroatoms. The summed E-state index contributed by atoms with van der Waals surface area (Å²) in [5.74, 6) is -0.800. The largest absolute Gasteiger partial charge is 0.480 e. The predicted molar refractivity (Wildman–Crippen MR) is 84.2 cm³/mol. The smallest absolute Gasteiger partial charge is 0.320 e. The maximum atomic E-state index is 11.3. The van der Waals surface area contributed by atoms with E-state index < -0.39 is 12.0 Å². The fourth-order valence-corrected chi connectivity index (χ4v) is 2.45. The SMILES string of the molecule is CC(C(=O)O)N(C)C(Cc1ccccc1)c1ccccc1. The Hall–Kier alpha value is -2.13. The zero-order valence-electron chi connectivity index (χ0n) is 12.4. The zero-order valence-corrected chi connectivity index (χ0v) is 12.4. The summed E-state index contributed by atoms with van der Waals surface area (Å²) in [7, 11) is 1.87. The normalized spacial score (nSPS) is 13.9. The van der Waals surface area contributed by atoms with Crippen molar-refractivity contribution in [3.05, 3.63) is 71.8 Å². The molecular weight excluding hydrogens is 262 g/mol. The van der Waals surface area contributed by atoms with Gasteiger partial charge in [0.05, 0.1) is 0 Å². The number of likely N-dealkylation sites (N-methyl/N-ethyl adjacent to an activating group) is 1. The van der Waals surface area contributed by atoms with Gasteiger partial charge in [0, 0.05) is 6.04 Å². The number of carbonyl (C=O) groups is 1. The average Bonchev–Trinajstić information content (AvgIpc) is 2.53. The van der Waals surface area contributed by atoms with E-state index in [1.807, 2.05) is 48.3 Å². The highest BCUT2D eigenvalue weighted by atomic mass is 16.4. The summed E-state index contributed by atoms with van der Waals surface area (Å²) in [6.45, 7) is 1.73. The summed E-state index contributed by atoms with van der Waals surface area (Å²) in [5.41, 5.74) is 2.34. The van der Waals surface area contributed by atoms with Crippen LogP contribution in [0.2, 0.25) is 0 Å². The second-order valence-corrected chi connectivity index (χ2v) is 5.30. The maximum absolute atomic E-state index is 11.3. The second-order valence-electron chi connectivity index (χ2n) is 5.30. The van der Waals surface area contributed by atoms with Gasteiger partial charge in [0.25, 0.3) is 0 Å². The molecule has 2 rings (SSSR count). The fourth-order valence-electron chi connectivity index (χ4n) is 2.45. The van der Waals surface area contributed by atoms with E-state index in [9.17, 15) is 9.90 Å².